The maximum atomic E-state index is 13.7. The zero-order chi connectivity index (χ0) is 49.6. The molecule has 0 radical (unpaired) electrons. The van der Waals surface area contributed by atoms with Crippen molar-refractivity contribution in [2.24, 2.45) is 5.73 Å². The fraction of sp³-hybridized carbons (Fsp3) is 0.833. The highest BCUT2D eigenvalue weighted by atomic mass is 16.7. The van der Waals surface area contributed by atoms with Gasteiger partial charge in [0.1, 0.15) is 64.3 Å². The first-order valence-corrected chi connectivity index (χ1v) is 21.6. The van der Waals surface area contributed by atoms with Gasteiger partial charge in [0.05, 0.1) is 43.9 Å². The molecular formula is C42H74N6O17. The molecule has 65 heavy (non-hydrogen) atoms. The van der Waals surface area contributed by atoms with Gasteiger partial charge < -0.3 is 90.2 Å². The lowest BCUT2D eigenvalue weighted by molar-refractivity contribution is -0.311. The van der Waals surface area contributed by atoms with Crippen molar-refractivity contribution >= 4 is 30.3 Å². The lowest BCUT2D eigenvalue weighted by atomic mass is 9.82. The summed E-state index contributed by atoms with van der Waals surface area (Å²) in [4.78, 5) is 66.6. The molecule has 0 aromatic carbocycles. The standard InChI is InChI=1S/C42H74N6O17/c1-38(2,3)62-34(53)44-19-25(49)31(52)45-23-17-24(47-36(55)64-40(7,8)9)29(60-32-22(16-15-21(18-43)59-32)46-35(54)63-39(4,5)6)26(50)28(23)61-33-27(51)30(42(13,57)20-58-33)48(14)37(56)65-41(10,11)12/h15,22-30,32-33,49-51,57H,16-20,43H2,1-14H3,(H,44,53)(H,45,52)(H,46,54)(H,47,55)/t22-,23-,24+,25+,26-,27-,28+,29-,30-,32-,33-,42+/m1/s1. The first-order chi connectivity index (χ1) is 29.6. The second-order valence-electron chi connectivity index (χ2n) is 20.6. The smallest absolute Gasteiger partial charge is 0.410 e. The first kappa shape index (κ1) is 55.1. The van der Waals surface area contributed by atoms with Gasteiger partial charge >= 0.3 is 24.4 Å². The summed E-state index contributed by atoms with van der Waals surface area (Å²) in [6.07, 6.45) is -14.0. The lowest BCUT2D eigenvalue weighted by Crippen LogP contribution is -2.71. The van der Waals surface area contributed by atoms with Crippen LogP contribution in [0.1, 0.15) is 103 Å². The normalized spacial score (nSPS) is 30.3. The highest BCUT2D eigenvalue weighted by Gasteiger charge is 2.55. The van der Waals surface area contributed by atoms with Crippen LogP contribution in [0.2, 0.25) is 0 Å². The largest absolute Gasteiger partial charge is 0.466 e. The van der Waals surface area contributed by atoms with Crippen molar-refractivity contribution in [3.05, 3.63) is 11.8 Å². The van der Waals surface area contributed by atoms with Crippen molar-refractivity contribution in [2.45, 2.75) is 198 Å². The number of rotatable bonds is 12. The summed E-state index contributed by atoms with van der Waals surface area (Å²) in [6, 6.07) is -5.00. The minimum atomic E-state index is -1.90. The van der Waals surface area contributed by atoms with Gasteiger partial charge in [0, 0.05) is 7.05 Å². The molecule has 0 bridgehead atoms. The fourth-order valence-corrected chi connectivity index (χ4v) is 7.13. The molecule has 5 amide bonds. The summed E-state index contributed by atoms with van der Waals surface area (Å²) in [6.45, 7) is 19.8. The summed E-state index contributed by atoms with van der Waals surface area (Å²) >= 11 is 0. The zero-order valence-corrected chi connectivity index (χ0v) is 40.1. The molecule has 23 heteroatoms. The molecule has 1 aliphatic carbocycles. The molecule has 3 aliphatic rings. The Morgan fingerprint density at radius 2 is 1.25 bits per heavy atom. The highest BCUT2D eigenvalue weighted by molar-refractivity contribution is 5.82. The van der Waals surface area contributed by atoms with Gasteiger partial charge in [-0.3, -0.25) is 4.79 Å². The Morgan fingerprint density at radius 1 is 0.769 bits per heavy atom. The van der Waals surface area contributed by atoms with Crippen molar-refractivity contribution in [1.82, 2.24) is 26.2 Å². The van der Waals surface area contributed by atoms with Crippen LogP contribution in [0.5, 0.6) is 0 Å². The van der Waals surface area contributed by atoms with E-state index >= 15 is 0 Å². The van der Waals surface area contributed by atoms with Gasteiger partial charge in [-0.25, -0.2) is 19.2 Å². The Hall–Kier alpha value is -4.23. The number of amides is 5. The molecule has 10 N–H and O–H groups in total. The van der Waals surface area contributed by atoms with Gasteiger partial charge in [0.15, 0.2) is 6.29 Å². The van der Waals surface area contributed by atoms with Crippen LogP contribution in [0.4, 0.5) is 19.2 Å². The number of carbonyl (C=O) groups excluding carboxylic acids is 5. The monoisotopic (exact) mass is 935 g/mol. The average molecular weight is 935 g/mol. The molecule has 0 aromatic heterocycles. The van der Waals surface area contributed by atoms with Gasteiger partial charge in [0.25, 0.3) is 5.91 Å². The Morgan fingerprint density at radius 3 is 1.75 bits per heavy atom. The molecule has 0 unspecified atom stereocenters. The van der Waals surface area contributed by atoms with Crippen LogP contribution in [-0.4, -0.2) is 178 Å². The molecule has 0 aromatic rings. The molecule has 0 spiro atoms. The maximum absolute atomic E-state index is 13.7. The van der Waals surface area contributed by atoms with E-state index in [9.17, 15) is 44.4 Å². The predicted molar refractivity (Wildman–Crippen MR) is 230 cm³/mol. The van der Waals surface area contributed by atoms with Gasteiger partial charge in [0.2, 0.25) is 6.29 Å². The van der Waals surface area contributed by atoms with E-state index in [-0.39, 0.29) is 25.1 Å². The third kappa shape index (κ3) is 17.2. The summed E-state index contributed by atoms with van der Waals surface area (Å²) in [7, 11) is 1.30. The van der Waals surface area contributed by atoms with E-state index in [4.69, 9.17) is 43.6 Å². The van der Waals surface area contributed by atoms with Gasteiger partial charge in [-0.2, -0.15) is 0 Å². The number of nitrogens with zero attached hydrogens (tertiary/aromatic N) is 1. The SMILES string of the molecule is CN(C(=O)OC(C)(C)C)[C@@H]1[C@@H](O)[C@@H](O[C@@H]2[C@@H](O)[C@H](O[C@H]3OC(CN)=CC[C@H]3NC(=O)OC(C)(C)C)[C@@H](NC(=O)OC(C)(C)C)C[C@H]2NC(=O)[C@@H](O)CNC(=O)OC(C)(C)C)OC[C@]1(C)O. The first-order valence-electron chi connectivity index (χ1n) is 21.6. The number of likely N-dealkylation sites (N-methyl/N-ethyl adjacent to an activating group) is 1. The summed E-state index contributed by atoms with van der Waals surface area (Å²) in [5.74, 6) is -0.787. The molecule has 374 valence electrons. The van der Waals surface area contributed by atoms with E-state index in [1.807, 2.05) is 0 Å². The van der Waals surface area contributed by atoms with Crippen molar-refractivity contribution < 1.29 is 82.3 Å². The zero-order valence-electron chi connectivity index (χ0n) is 40.1. The van der Waals surface area contributed by atoms with Crippen LogP contribution in [0.15, 0.2) is 11.8 Å². The Bertz CT molecular complexity index is 1690. The second kappa shape index (κ2) is 21.6. The molecule has 1 saturated heterocycles. The van der Waals surface area contributed by atoms with E-state index in [1.165, 1.54) is 14.0 Å². The Balaban J connectivity index is 2.09. The minimum Gasteiger partial charge on any atom is -0.466 e. The Labute approximate surface area is 380 Å². The second-order valence-corrected chi connectivity index (χ2v) is 20.6. The number of aliphatic hydroxyl groups is 4. The number of carbonyl (C=O) groups is 5. The number of nitrogens with two attached hydrogens (primary N) is 1. The van der Waals surface area contributed by atoms with Gasteiger partial charge in [-0.05, 0) is 109 Å². The van der Waals surface area contributed by atoms with E-state index in [0.717, 1.165) is 4.90 Å². The van der Waals surface area contributed by atoms with E-state index in [1.54, 1.807) is 89.2 Å². The summed E-state index contributed by atoms with van der Waals surface area (Å²) in [5.41, 5.74) is 0.350. The average Bonchev–Trinajstić information content (AvgIpc) is 3.11. The number of nitrogens with one attached hydrogen (secondary N) is 4. The quantitative estimate of drug-likeness (QED) is 0.123. The number of alkyl carbamates (subject to hydrolysis) is 3. The fourth-order valence-electron chi connectivity index (χ4n) is 7.13. The highest BCUT2D eigenvalue weighted by Crippen LogP contribution is 2.35. The molecule has 2 aliphatic heterocycles. The van der Waals surface area contributed by atoms with E-state index in [0.29, 0.717) is 0 Å². The lowest BCUT2D eigenvalue weighted by Gasteiger charge is -2.50. The van der Waals surface area contributed by atoms with Gasteiger partial charge in [-0.1, -0.05) is 0 Å². The van der Waals surface area contributed by atoms with Crippen LogP contribution < -0.4 is 27.0 Å². The maximum Gasteiger partial charge on any atom is 0.410 e. The van der Waals surface area contributed by atoms with Crippen LogP contribution in [0.25, 0.3) is 0 Å². The number of hydrogen-bond acceptors (Lipinski definition) is 18. The third-order valence-corrected chi connectivity index (χ3v) is 9.70. The molecule has 23 nitrogen and oxygen atoms in total. The van der Waals surface area contributed by atoms with Crippen LogP contribution >= 0.6 is 0 Å². The molecular weight excluding hydrogens is 860 g/mol. The molecule has 2 heterocycles. The Kier molecular flexibility index (Phi) is 18.3. The van der Waals surface area contributed by atoms with Crippen LogP contribution in [-0.2, 0) is 42.7 Å². The molecule has 12 atom stereocenters. The molecule has 3 rings (SSSR count). The van der Waals surface area contributed by atoms with Crippen molar-refractivity contribution in [2.75, 3.05) is 26.7 Å². The number of aliphatic hydroxyl groups excluding tert-OH is 3. The minimum absolute atomic E-state index is 0.0730. The topological polar surface area (TPSA) is 317 Å². The molecule has 1 saturated carbocycles. The van der Waals surface area contributed by atoms with Crippen molar-refractivity contribution in [3.8, 4) is 0 Å². The van der Waals surface area contributed by atoms with Crippen molar-refractivity contribution in [1.29, 1.82) is 0 Å². The van der Waals surface area contributed by atoms with Gasteiger partial charge in [-0.15, -0.1) is 0 Å². The van der Waals surface area contributed by atoms with Crippen molar-refractivity contribution in [3.63, 3.8) is 0 Å². The number of ether oxygens (including phenoxy) is 8. The third-order valence-electron chi connectivity index (χ3n) is 9.70. The van der Waals surface area contributed by atoms with E-state index in [2.05, 4.69) is 21.3 Å². The number of hydrogen-bond donors (Lipinski definition) is 9. The van der Waals surface area contributed by atoms with E-state index < -0.39 is 139 Å². The summed E-state index contributed by atoms with van der Waals surface area (Å²) in [5, 5.41) is 56.8. The van der Waals surface area contributed by atoms with Crippen LogP contribution in [0.3, 0.4) is 0 Å². The predicted octanol–water partition coefficient (Wildman–Crippen LogP) is 0.971. The molecule has 2 fully saturated rings. The van der Waals surface area contributed by atoms with Crippen LogP contribution in [0, 0.1) is 0 Å². The summed E-state index contributed by atoms with van der Waals surface area (Å²) < 4.78 is 46.3.